The molecule has 82 heavy (non-hydrogen) atoms. The van der Waals surface area contributed by atoms with Gasteiger partial charge in [0.1, 0.15) is 0 Å². The molecule has 0 amide bonds. The largest absolute Gasteiger partial charge is 0.233 e. The van der Waals surface area contributed by atoms with Crippen molar-refractivity contribution in [3.05, 3.63) is 354 Å². The van der Waals surface area contributed by atoms with E-state index in [-0.39, 0.29) is 5.92 Å². The predicted octanol–water partition coefficient (Wildman–Crippen LogP) is 21.2. The molecule has 1 aliphatic carbocycles. The lowest BCUT2D eigenvalue weighted by molar-refractivity contribution is 0.871. The maximum Gasteiger partial charge on any atom is 0.160 e. The van der Waals surface area contributed by atoms with Gasteiger partial charge in [0, 0.05) is 22.8 Å². The molecule has 11 aromatic carbocycles. The van der Waals surface area contributed by atoms with Crippen LogP contribution in [-0.2, 0) is 0 Å². The Kier molecular flexibility index (Phi) is 16.7. The smallest absolute Gasteiger partial charge is 0.160 e. The molecule has 0 saturated carbocycles. The summed E-state index contributed by atoms with van der Waals surface area (Å²) >= 11 is 0. The Balaban J connectivity index is 0.000000938. The zero-order valence-electron chi connectivity index (χ0n) is 47.2. The molecule has 1 atom stereocenters. The zero-order chi connectivity index (χ0) is 56.2. The van der Waals surface area contributed by atoms with Crippen LogP contribution in [0.4, 0.5) is 0 Å². The average molecular weight is 1060 g/mol. The minimum Gasteiger partial charge on any atom is -0.233 e. The van der Waals surface area contributed by atoms with Crippen molar-refractivity contribution in [1.29, 1.82) is 0 Å². The molecule has 0 aromatic heterocycles. The molecule has 0 N–H and O–H groups in total. The van der Waals surface area contributed by atoms with Gasteiger partial charge in [-0.2, -0.15) is 0 Å². The van der Waals surface area contributed by atoms with Gasteiger partial charge in [0.25, 0.3) is 0 Å². The molecule has 0 saturated heterocycles. The van der Waals surface area contributed by atoms with Gasteiger partial charge in [-0.15, -0.1) is 0 Å². The van der Waals surface area contributed by atoms with E-state index < -0.39 is 0 Å². The number of nitrogens with zero attached hydrogens (tertiary/aromatic N) is 2. The topological polar surface area (TPSA) is 24.7 Å². The molecular weight excluding hydrogens is 989 g/mol. The van der Waals surface area contributed by atoms with Gasteiger partial charge in [-0.05, 0) is 177 Å². The Hall–Kier alpha value is -10.0. The van der Waals surface area contributed by atoms with Gasteiger partial charge >= 0.3 is 0 Å². The van der Waals surface area contributed by atoms with Crippen LogP contribution < -0.4 is 0 Å². The van der Waals surface area contributed by atoms with E-state index in [0.29, 0.717) is 11.5 Å². The van der Waals surface area contributed by atoms with Gasteiger partial charge in [0.2, 0.25) is 0 Å². The molecular formula is C80H66N2. The maximum absolute atomic E-state index is 5.46. The maximum atomic E-state index is 5.46. The number of hydrogen-bond acceptors (Lipinski definition) is 1. The van der Waals surface area contributed by atoms with E-state index in [1.807, 2.05) is 18.2 Å². The first-order valence-corrected chi connectivity index (χ1v) is 28.3. The molecule has 0 aliphatic heterocycles. The van der Waals surface area contributed by atoms with Crippen molar-refractivity contribution < 1.29 is 0 Å². The summed E-state index contributed by atoms with van der Waals surface area (Å²) in [5.41, 5.74) is 25.9. The summed E-state index contributed by atoms with van der Waals surface area (Å²) in [6, 6.07) is 101. The number of hydrogen-bond donors (Lipinski definition) is 0. The van der Waals surface area contributed by atoms with Crippen molar-refractivity contribution in [1.82, 2.24) is 0 Å². The summed E-state index contributed by atoms with van der Waals surface area (Å²) in [6.45, 7) is 13.2. The number of benzene rings is 11. The van der Waals surface area contributed by atoms with Gasteiger partial charge in [0.15, 0.2) is 5.84 Å². The molecule has 1 aliphatic rings. The highest BCUT2D eigenvalue weighted by atomic mass is 14.9. The minimum atomic E-state index is 0.235. The molecule has 2 nitrogen and oxygen atoms in total. The highest BCUT2D eigenvalue weighted by Gasteiger charge is 2.20. The first-order chi connectivity index (χ1) is 40.2. The molecule has 0 bridgehead atoms. The molecule has 396 valence electrons. The van der Waals surface area contributed by atoms with E-state index in [1.54, 1.807) is 0 Å². The molecule has 11 aromatic rings. The van der Waals surface area contributed by atoms with Crippen molar-refractivity contribution in [3.63, 3.8) is 0 Å². The summed E-state index contributed by atoms with van der Waals surface area (Å²) < 4.78 is 0. The molecule has 0 fully saturated rings. The van der Waals surface area contributed by atoms with Crippen molar-refractivity contribution in [2.75, 3.05) is 0 Å². The fraction of sp³-hybridized carbons (Fsp3) is 0.0750. The third-order valence-electron chi connectivity index (χ3n) is 15.4. The number of aliphatic imine (C=N–C) groups is 2. The average Bonchev–Trinajstić information content (AvgIpc) is 3.60. The van der Waals surface area contributed by atoms with E-state index in [9.17, 15) is 0 Å². The van der Waals surface area contributed by atoms with Crippen LogP contribution in [0.2, 0.25) is 0 Å². The van der Waals surface area contributed by atoms with Crippen LogP contribution in [-0.4, -0.2) is 11.5 Å². The Morgan fingerprint density at radius 1 is 0.366 bits per heavy atom. The Bertz CT molecular complexity index is 4090. The molecule has 0 spiro atoms. The van der Waals surface area contributed by atoms with Crippen molar-refractivity contribution in [3.8, 4) is 55.6 Å². The molecule has 1 unspecified atom stereocenters. The van der Waals surface area contributed by atoms with E-state index in [0.717, 1.165) is 67.8 Å². The molecule has 0 radical (unpaired) electrons. The van der Waals surface area contributed by atoms with Crippen molar-refractivity contribution >= 4 is 28.4 Å². The lowest BCUT2D eigenvalue weighted by Crippen LogP contribution is -2.05. The normalized spacial score (nSPS) is 13.3. The zero-order valence-corrected chi connectivity index (χ0v) is 47.2. The van der Waals surface area contributed by atoms with Gasteiger partial charge in [-0.1, -0.05) is 267 Å². The third kappa shape index (κ3) is 13.0. The van der Waals surface area contributed by atoms with Crippen LogP contribution >= 0.6 is 0 Å². The van der Waals surface area contributed by atoms with Crippen molar-refractivity contribution in [2.24, 2.45) is 9.98 Å². The fourth-order valence-electron chi connectivity index (χ4n) is 10.9. The minimum absolute atomic E-state index is 0.235. The third-order valence-corrected chi connectivity index (χ3v) is 15.4. The summed E-state index contributed by atoms with van der Waals surface area (Å²) in [5, 5.41) is 0. The van der Waals surface area contributed by atoms with Crippen LogP contribution in [0.3, 0.4) is 0 Å². The van der Waals surface area contributed by atoms with Gasteiger partial charge in [-0.3, -0.25) is 0 Å². The fourth-order valence-corrected chi connectivity index (χ4v) is 10.9. The lowest BCUT2D eigenvalue weighted by atomic mass is 9.81. The Labute approximate surface area is 485 Å². The quantitative estimate of drug-likeness (QED) is 0.0860. The van der Waals surface area contributed by atoms with Crippen LogP contribution in [0.1, 0.15) is 69.3 Å². The highest BCUT2D eigenvalue weighted by Crippen LogP contribution is 2.40. The Morgan fingerprint density at radius 2 is 0.829 bits per heavy atom. The summed E-state index contributed by atoms with van der Waals surface area (Å²) in [6.07, 6.45) is 5.71. The van der Waals surface area contributed by atoms with Crippen LogP contribution in [0, 0.1) is 20.8 Å². The summed E-state index contributed by atoms with van der Waals surface area (Å²) in [5.74, 6) is 0.821. The highest BCUT2D eigenvalue weighted by molar-refractivity contribution is 6.13. The van der Waals surface area contributed by atoms with E-state index in [4.69, 9.17) is 9.98 Å². The van der Waals surface area contributed by atoms with Crippen LogP contribution in [0.15, 0.2) is 314 Å². The molecule has 0 heterocycles. The van der Waals surface area contributed by atoms with E-state index >= 15 is 0 Å². The first kappa shape index (κ1) is 54.0. The Morgan fingerprint density at radius 3 is 1.44 bits per heavy atom. The number of amidine groups is 1. The summed E-state index contributed by atoms with van der Waals surface area (Å²) in [7, 11) is 0. The van der Waals surface area contributed by atoms with E-state index in [1.165, 1.54) is 61.2 Å². The summed E-state index contributed by atoms with van der Waals surface area (Å²) in [4.78, 5) is 10.9. The monoisotopic (exact) mass is 1050 g/mol. The van der Waals surface area contributed by atoms with Crippen LogP contribution in [0.5, 0.6) is 0 Å². The van der Waals surface area contributed by atoms with E-state index in [2.05, 4.69) is 313 Å². The number of aryl methyl sites for hydroxylation is 3. The van der Waals surface area contributed by atoms with Gasteiger partial charge < -0.3 is 0 Å². The van der Waals surface area contributed by atoms with Crippen LogP contribution in [0.25, 0.3) is 72.5 Å². The van der Waals surface area contributed by atoms with Crippen molar-refractivity contribution in [2.45, 2.75) is 40.0 Å². The van der Waals surface area contributed by atoms with Gasteiger partial charge in [0.05, 0.1) is 5.70 Å². The first-order valence-electron chi connectivity index (χ1n) is 28.3. The number of allylic oxidation sites excluding steroid dienone is 4. The second kappa shape index (κ2) is 25.4. The molecule has 12 rings (SSSR count). The lowest BCUT2D eigenvalue weighted by Gasteiger charge is -2.23. The SMILES string of the molecule is C=C(N=C(N=C(C)c1cccc(-c2ccc(C)c(-c3ccccc3C)c2)c1)c1cccc(-c2cc(-c3ccccc3)cc(-c3ccccc3)c2)c1)c1cccc(C2=CC(c3ccccc3)CC(c3ccccc3)=C2)c1.Cc1ccccc1. The second-order valence-electron chi connectivity index (χ2n) is 21.2. The molecule has 2 heteroatoms. The second-order valence-corrected chi connectivity index (χ2v) is 21.2. The number of rotatable bonds is 12. The predicted molar refractivity (Wildman–Crippen MR) is 351 cm³/mol. The standard InChI is InChI=1S/C73H58N2.C7H8/c1-50-22-17-18-37-71(50)72-49-63(39-38-51(72)2)60-33-19-31-58(40-60)52(3)74-73(64-36-21-35-62(42-64)70-47-67(56-27-13-7-14-28-56)44-68(48-70)57-29-15-8-16-30-57)75-53(4)59-32-20-34-61(41-59)69-45-65(54-23-9-5-10-24-54)43-66(46-69)55-25-11-6-12-26-55;1-7-5-3-2-4-6-7/h5-42,44-49,65H,4,43H2,1-3H3;2-6H,1H3. The van der Waals surface area contributed by atoms with Gasteiger partial charge in [-0.25, -0.2) is 9.98 Å².